The number of hydrogen-bond donors (Lipinski definition) is 2. The highest BCUT2D eigenvalue weighted by molar-refractivity contribution is 5.88. The van der Waals surface area contributed by atoms with Gasteiger partial charge in [0, 0.05) is 18.4 Å². The Bertz CT molecular complexity index is 416. The van der Waals surface area contributed by atoms with Crippen molar-refractivity contribution in [2.24, 2.45) is 0 Å². The topological polar surface area (TPSA) is 71.5 Å². The second kappa shape index (κ2) is 4.71. The minimum atomic E-state index is -0.589. The molecule has 1 aliphatic rings. The van der Waals surface area contributed by atoms with Gasteiger partial charge < -0.3 is 15.2 Å². The summed E-state index contributed by atoms with van der Waals surface area (Å²) in [5.74, 6) is -0.462. The average Bonchev–Trinajstić information content (AvgIpc) is 2.33. The van der Waals surface area contributed by atoms with Crippen molar-refractivity contribution in [1.82, 2.24) is 4.98 Å². The van der Waals surface area contributed by atoms with Crippen LogP contribution >= 0.6 is 0 Å². The average molecular weight is 236 g/mol. The molecule has 0 amide bonds. The first-order chi connectivity index (χ1) is 8.13. The SMILES string of the molecule is COC(=O)c1cc(NCC2(O)CCC2)ccn1. The molecule has 0 aliphatic heterocycles. The third-order valence-electron chi connectivity index (χ3n) is 3.06. The molecule has 0 aromatic carbocycles. The third-order valence-corrected chi connectivity index (χ3v) is 3.06. The van der Waals surface area contributed by atoms with E-state index in [1.54, 1.807) is 18.3 Å². The van der Waals surface area contributed by atoms with Crippen molar-refractivity contribution >= 4 is 11.7 Å². The maximum atomic E-state index is 11.3. The summed E-state index contributed by atoms with van der Waals surface area (Å²) in [4.78, 5) is 15.2. The number of pyridine rings is 1. The van der Waals surface area contributed by atoms with E-state index in [9.17, 15) is 9.90 Å². The second-order valence-corrected chi connectivity index (χ2v) is 4.35. The van der Waals surface area contributed by atoms with Crippen LogP contribution in [0, 0.1) is 0 Å². The largest absolute Gasteiger partial charge is 0.464 e. The number of ether oxygens (including phenoxy) is 1. The Morgan fingerprint density at radius 2 is 2.41 bits per heavy atom. The summed E-state index contributed by atoms with van der Waals surface area (Å²) in [6, 6.07) is 3.38. The lowest BCUT2D eigenvalue weighted by Crippen LogP contribution is -2.43. The number of anilines is 1. The number of aromatic nitrogens is 1. The highest BCUT2D eigenvalue weighted by Crippen LogP contribution is 2.31. The highest BCUT2D eigenvalue weighted by atomic mass is 16.5. The van der Waals surface area contributed by atoms with Crippen molar-refractivity contribution < 1.29 is 14.6 Å². The van der Waals surface area contributed by atoms with Crippen LogP contribution < -0.4 is 5.32 Å². The molecule has 0 saturated heterocycles. The molecule has 0 spiro atoms. The molecule has 92 valence electrons. The summed E-state index contributed by atoms with van der Waals surface area (Å²) in [6.07, 6.45) is 4.27. The van der Waals surface area contributed by atoms with E-state index in [0.29, 0.717) is 6.54 Å². The number of rotatable bonds is 4. The van der Waals surface area contributed by atoms with Crippen LogP contribution in [0.4, 0.5) is 5.69 Å². The van der Waals surface area contributed by atoms with Crippen LogP contribution in [0.5, 0.6) is 0 Å². The molecule has 1 aliphatic carbocycles. The van der Waals surface area contributed by atoms with Crippen molar-refractivity contribution in [2.45, 2.75) is 24.9 Å². The molecular formula is C12H16N2O3. The van der Waals surface area contributed by atoms with Crippen LogP contribution in [0.2, 0.25) is 0 Å². The van der Waals surface area contributed by atoms with E-state index in [4.69, 9.17) is 0 Å². The fourth-order valence-electron chi connectivity index (χ4n) is 1.78. The van der Waals surface area contributed by atoms with Crippen LogP contribution in [0.15, 0.2) is 18.3 Å². The predicted molar refractivity (Wildman–Crippen MR) is 62.9 cm³/mol. The molecular weight excluding hydrogens is 220 g/mol. The van der Waals surface area contributed by atoms with E-state index >= 15 is 0 Å². The van der Waals surface area contributed by atoms with Gasteiger partial charge in [0.1, 0.15) is 5.69 Å². The number of carbonyl (C=O) groups excluding carboxylic acids is 1. The molecule has 1 saturated carbocycles. The van der Waals surface area contributed by atoms with Gasteiger partial charge in [0.15, 0.2) is 0 Å². The van der Waals surface area contributed by atoms with E-state index in [1.165, 1.54) is 7.11 Å². The van der Waals surface area contributed by atoms with Gasteiger partial charge in [-0.3, -0.25) is 0 Å². The zero-order chi connectivity index (χ0) is 12.3. The van der Waals surface area contributed by atoms with Gasteiger partial charge in [0.05, 0.1) is 12.7 Å². The summed E-state index contributed by atoms with van der Waals surface area (Å²) in [5, 5.41) is 13.0. The molecule has 2 rings (SSSR count). The molecule has 1 fully saturated rings. The third kappa shape index (κ3) is 2.74. The molecule has 0 unspecified atom stereocenters. The summed E-state index contributed by atoms with van der Waals surface area (Å²) >= 11 is 0. The highest BCUT2D eigenvalue weighted by Gasteiger charge is 2.33. The standard InChI is InChI=1S/C12H16N2O3/c1-17-11(15)10-7-9(3-6-13-10)14-8-12(16)4-2-5-12/h3,6-7,16H,2,4-5,8H2,1H3,(H,13,14). The summed E-state index contributed by atoms with van der Waals surface area (Å²) < 4.78 is 4.59. The molecule has 1 aromatic rings. The van der Waals surface area contributed by atoms with Gasteiger partial charge in [-0.05, 0) is 31.4 Å². The molecule has 0 radical (unpaired) electrons. The quantitative estimate of drug-likeness (QED) is 0.768. The van der Waals surface area contributed by atoms with Crippen molar-refractivity contribution in [3.63, 3.8) is 0 Å². The van der Waals surface area contributed by atoms with Crippen LogP contribution in [-0.4, -0.2) is 35.3 Å². The lowest BCUT2D eigenvalue weighted by molar-refractivity contribution is -0.0201. The van der Waals surface area contributed by atoms with Gasteiger partial charge in [-0.25, -0.2) is 9.78 Å². The first-order valence-electron chi connectivity index (χ1n) is 5.64. The monoisotopic (exact) mass is 236 g/mol. The van der Waals surface area contributed by atoms with Gasteiger partial charge in [0.2, 0.25) is 0 Å². The van der Waals surface area contributed by atoms with Gasteiger partial charge in [0.25, 0.3) is 0 Å². The minimum absolute atomic E-state index is 0.262. The minimum Gasteiger partial charge on any atom is -0.464 e. The van der Waals surface area contributed by atoms with Crippen LogP contribution in [0.3, 0.4) is 0 Å². The molecule has 1 aromatic heterocycles. The van der Waals surface area contributed by atoms with E-state index < -0.39 is 11.6 Å². The molecule has 0 atom stereocenters. The fourth-order valence-corrected chi connectivity index (χ4v) is 1.78. The lowest BCUT2D eigenvalue weighted by Gasteiger charge is -2.36. The maximum absolute atomic E-state index is 11.3. The van der Waals surface area contributed by atoms with E-state index in [0.717, 1.165) is 24.9 Å². The van der Waals surface area contributed by atoms with Crippen molar-refractivity contribution in [2.75, 3.05) is 19.0 Å². The van der Waals surface area contributed by atoms with Crippen LogP contribution in [-0.2, 0) is 4.74 Å². The van der Waals surface area contributed by atoms with Gasteiger partial charge >= 0.3 is 5.97 Å². The Morgan fingerprint density at radius 1 is 1.65 bits per heavy atom. The summed E-state index contributed by atoms with van der Waals surface area (Å²) in [7, 11) is 1.32. The lowest BCUT2D eigenvalue weighted by atomic mass is 9.80. The molecule has 17 heavy (non-hydrogen) atoms. The first-order valence-corrected chi connectivity index (χ1v) is 5.64. The number of aliphatic hydroxyl groups is 1. The van der Waals surface area contributed by atoms with E-state index in [1.807, 2.05) is 0 Å². The van der Waals surface area contributed by atoms with Crippen molar-refractivity contribution in [3.8, 4) is 0 Å². The number of nitrogens with one attached hydrogen (secondary N) is 1. The van der Waals surface area contributed by atoms with Gasteiger partial charge in [-0.15, -0.1) is 0 Å². The van der Waals surface area contributed by atoms with Crippen LogP contribution in [0.1, 0.15) is 29.8 Å². The number of carbonyl (C=O) groups is 1. The number of methoxy groups -OCH3 is 1. The Labute approximate surface area is 99.8 Å². The van der Waals surface area contributed by atoms with Crippen LogP contribution in [0.25, 0.3) is 0 Å². The van der Waals surface area contributed by atoms with Crippen molar-refractivity contribution in [3.05, 3.63) is 24.0 Å². The first kappa shape index (κ1) is 11.9. The van der Waals surface area contributed by atoms with E-state index in [-0.39, 0.29) is 5.69 Å². The number of esters is 1. The maximum Gasteiger partial charge on any atom is 0.356 e. The predicted octanol–water partition coefficient (Wildman–Crippen LogP) is 1.20. The zero-order valence-electron chi connectivity index (χ0n) is 9.77. The molecule has 5 heteroatoms. The fraction of sp³-hybridized carbons (Fsp3) is 0.500. The van der Waals surface area contributed by atoms with Crippen molar-refractivity contribution in [1.29, 1.82) is 0 Å². The Morgan fingerprint density at radius 3 is 3.00 bits per heavy atom. The van der Waals surface area contributed by atoms with E-state index in [2.05, 4.69) is 15.0 Å². The number of hydrogen-bond acceptors (Lipinski definition) is 5. The van der Waals surface area contributed by atoms with Gasteiger partial charge in [-0.1, -0.05) is 0 Å². The van der Waals surface area contributed by atoms with Gasteiger partial charge in [-0.2, -0.15) is 0 Å². The Kier molecular flexibility index (Phi) is 3.28. The molecule has 5 nitrogen and oxygen atoms in total. The Hall–Kier alpha value is -1.62. The number of nitrogens with zero attached hydrogens (tertiary/aromatic N) is 1. The smallest absolute Gasteiger partial charge is 0.356 e. The normalized spacial score (nSPS) is 17.1. The summed E-state index contributed by atoms with van der Waals surface area (Å²) in [6.45, 7) is 0.498. The molecule has 2 N–H and O–H groups in total. The summed E-state index contributed by atoms with van der Waals surface area (Å²) in [5.41, 5.74) is 0.438. The second-order valence-electron chi connectivity index (χ2n) is 4.35. The molecule has 1 heterocycles. The zero-order valence-corrected chi connectivity index (χ0v) is 9.77. The Balaban J connectivity index is 1.98. The molecule has 0 bridgehead atoms.